The Hall–Kier alpha value is -1.17. The van der Waals surface area contributed by atoms with Gasteiger partial charge in [0.25, 0.3) is 0 Å². The maximum Gasteiger partial charge on any atom is 0.246 e. The van der Waals surface area contributed by atoms with Gasteiger partial charge in [-0.1, -0.05) is 11.6 Å². The Morgan fingerprint density at radius 1 is 1.53 bits per heavy atom. The van der Waals surface area contributed by atoms with Crippen LogP contribution in [0.4, 0.5) is 0 Å². The molecule has 1 unspecified atom stereocenters. The van der Waals surface area contributed by atoms with Crippen LogP contribution in [0.1, 0.15) is 18.5 Å². The molecule has 1 atom stereocenters. The standard InChI is InChI=1S/C13H18ClN3O2/c14-10-1-2-11(16-7-10)8-17-5-3-9(4-6-17)12(18)13(15)19/h1-2,7,9,12,18H,3-6,8H2,(H2,15,19). The van der Waals surface area contributed by atoms with Gasteiger partial charge in [0.05, 0.1) is 10.7 Å². The van der Waals surface area contributed by atoms with Crippen molar-refractivity contribution in [3.05, 3.63) is 29.0 Å². The summed E-state index contributed by atoms with van der Waals surface area (Å²) in [5.41, 5.74) is 6.08. The first-order valence-electron chi connectivity index (χ1n) is 6.36. The molecule has 0 bridgehead atoms. The van der Waals surface area contributed by atoms with Crippen molar-refractivity contribution in [3.8, 4) is 0 Å². The van der Waals surface area contributed by atoms with Crippen LogP contribution in [0.5, 0.6) is 0 Å². The number of nitrogens with zero attached hydrogens (tertiary/aromatic N) is 2. The summed E-state index contributed by atoms with van der Waals surface area (Å²) >= 11 is 5.79. The summed E-state index contributed by atoms with van der Waals surface area (Å²) < 4.78 is 0. The third-order valence-electron chi connectivity index (χ3n) is 3.54. The lowest BCUT2D eigenvalue weighted by molar-refractivity contribution is -0.129. The molecule has 0 radical (unpaired) electrons. The summed E-state index contributed by atoms with van der Waals surface area (Å²) in [7, 11) is 0. The van der Waals surface area contributed by atoms with E-state index >= 15 is 0 Å². The fourth-order valence-electron chi connectivity index (χ4n) is 2.39. The average Bonchev–Trinajstić information content (AvgIpc) is 2.41. The van der Waals surface area contributed by atoms with Gasteiger partial charge in [-0.2, -0.15) is 0 Å². The third kappa shape index (κ3) is 3.89. The number of nitrogens with two attached hydrogens (primary N) is 1. The highest BCUT2D eigenvalue weighted by Gasteiger charge is 2.28. The van der Waals surface area contributed by atoms with Crippen LogP contribution in [0.25, 0.3) is 0 Å². The maximum absolute atomic E-state index is 10.9. The molecule has 19 heavy (non-hydrogen) atoms. The fraction of sp³-hybridized carbons (Fsp3) is 0.538. The molecule has 5 nitrogen and oxygen atoms in total. The van der Waals surface area contributed by atoms with Crippen LogP contribution in [0.3, 0.4) is 0 Å². The second-order valence-electron chi connectivity index (χ2n) is 4.93. The normalized spacial score (nSPS) is 19.3. The van der Waals surface area contributed by atoms with Gasteiger partial charge >= 0.3 is 0 Å². The van der Waals surface area contributed by atoms with Gasteiger partial charge in [-0.25, -0.2) is 0 Å². The highest BCUT2D eigenvalue weighted by Crippen LogP contribution is 2.21. The number of aliphatic hydroxyl groups is 1. The summed E-state index contributed by atoms with van der Waals surface area (Å²) in [6, 6.07) is 3.74. The fourth-order valence-corrected chi connectivity index (χ4v) is 2.50. The number of carbonyl (C=O) groups is 1. The van der Waals surface area contributed by atoms with Crippen molar-refractivity contribution in [1.29, 1.82) is 0 Å². The lowest BCUT2D eigenvalue weighted by atomic mass is 9.91. The number of rotatable bonds is 4. The predicted octanol–water partition coefficient (Wildman–Crippen LogP) is 0.793. The molecular weight excluding hydrogens is 266 g/mol. The van der Waals surface area contributed by atoms with Crippen LogP contribution in [0.15, 0.2) is 18.3 Å². The SMILES string of the molecule is NC(=O)C(O)C1CCN(Cc2ccc(Cl)cn2)CC1. The molecule has 0 aromatic carbocycles. The first-order chi connectivity index (χ1) is 9.06. The van der Waals surface area contributed by atoms with Crippen LogP contribution in [-0.4, -0.2) is 40.1 Å². The van der Waals surface area contributed by atoms with Crippen LogP contribution < -0.4 is 5.73 Å². The van der Waals surface area contributed by atoms with E-state index in [2.05, 4.69) is 9.88 Å². The highest BCUT2D eigenvalue weighted by atomic mass is 35.5. The van der Waals surface area contributed by atoms with Crippen molar-refractivity contribution >= 4 is 17.5 Å². The highest BCUT2D eigenvalue weighted by molar-refractivity contribution is 6.30. The number of pyridine rings is 1. The monoisotopic (exact) mass is 283 g/mol. The number of amides is 1. The first kappa shape index (κ1) is 14.2. The van der Waals surface area contributed by atoms with Crippen molar-refractivity contribution < 1.29 is 9.90 Å². The number of carbonyl (C=O) groups excluding carboxylic acids is 1. The lowest BCUT2D eigenvalue weighted by Gasteiger charge is -2.33. The van der Waals surface area contributed by atoms with Gasteiger partial charge < -0.3 is 10.8 Å². The van der Waals surface area contributed by atoms with Gasteiger partial charge in [0.15, 0.2) is 0 Å². The number of hydrogen-bond donors (Lipinski definition) is 2. The zero-order chi connectivity index (χ0) is 13.8. The summed E-state index contributed by atoms with van der Waals surface area (Å²) in [6.45, 7) is 2.43. The van der Waals surface area contributed by atoms with Crippen LogP contribution in [0.2, 0.25) is 5.02 Å². The molecule has 1 amide bonds. The van der Waals surface area contributed by atoms with Crippen LogP contribution >= 0.6 is 11.6 Å². The number of piperidine rings is 1. The van der Waals surface area contributed by atoms with Gasteiger partial charge in [-0.15, -0.1) is 0 Å². The number of likely N-dealkylation sites (tertiary alicyclic amines) is 1. The summed E-state index contributed by atoms with van der Waals surface area (Å²) in [5.74, 6) is -0.648. The van der Waals surface area contributed by atoms with E-state index in [1.807, 2.05) is 12.1 Å². The van der Waals surface area contributed by atoms with E-state index in [1.165, 1.54) is 0 Å². The number of aromatic nitrogens is 1. The van der Waals surface area contributed by atoms with Crippen LogP contribution in [-0.2, 0) is 11.3 Å². The molecule has 6 heteroatoms. The van der Waals surface area contributed by atoms with E-state index in [4.69, 9.17) is 17.3 Å². The zero-order valence-electron chi connectivity index (χ0n) is 10.6. The molecule has 104 valence electrons. The molecule has 1 aromatic rings. The quantitative estimate of drug-likeness (QED) is 0.856. The summed E-state index contributed by atoms with van der Waals surface area (Å²) in [5, 5.41) is 10.3. The Morgan fingerprint density at radius 2 is 2.21 bits per heavy atom. The smallest absolute Gasteiger partial charge is 0.246 e. The molecule has 1 fully saturated rings. The zero-order valence-corrected chi connectivity index (χ0v) is 11.4. The largest absolute Gasteiger partial charge is 0.383 e. The lowest BCUT2D eigenvalue weighted by Crippen LogP contribution is -2.42. The van der Waals surface area contributed by atoms with Crippen molar-refractivity contribution in [1.82, 2.24) is 9.88 Å². The Balaban J connectivity index is 1.83. The van der Waals surface area contributed by atoms with E-state index in [0.29, 0.717) is 5.02 Å². The van der Waals surface area contributed by atoms with Crippen molar-refractivity contribution in [3.63, 3.8) is 0 Å². The summed E-state index contributed by atoms with van der Waals surface area (Å²) in [4.78, 5) is 17.4. The minimum absolute atomic E-state index is 0.0214. The molecule has 2 rings (SSSR count). The molecule has 1 aromatic heterocycles. The molecule has 0 saturated carbocycles. The molecule has 1 saturated heterocycles. The van der Waals surface area contributed by atoms with Crippen molar-refractivity contribution in [2.24, 2.45) is 11.7 Å². The summed E-state index contributed by atoms with van der Waals surface area (Å²) in [6.07, 6.45) is 2.17. The number of aliphatic hydroxyl groups excluding tert-OH is 1. The average molecular weight is 284 g/mol. The molecule has 3 N–H and O–H groups in total. The number of primary amides is 1. The van der Waals surface area contributed by atoms with E-state index in [0.717, 1.165) is 38.2 Å². The van der Waals surface area contributed by atoms with Gasteiger partial charge in [-0.3, -0.25) is 14.7 Å². The Morgan fingerprint density at radius 3 is 2.74 bits per heavy atom. The number of hydrogen-bond acceptors (Lipinski definition) is 4. The first-order valence-corrected chi connectivity index (χ1v) is 6.74. The Labute approximate surface area is 117 Å². The van der Waals surface area contributed by atoms with Crippen molar-refractivity contribution in [2.45, 2.75) is 25.5 Å². The van der Waals surface area contributed by atoms with Crippen molar-refractivity contribution in [2.75, 3.05) is 13.1 Å². The molecule has 1 aliphatic heterocycles. The molecule has 1 aliphatic rings. The molecule has 0 spiro atoms. The van der Waals surface area contributed by atoms with E-state index in [9.17, 15) is 9.90 Å². The van der Waals surface area contributed by atoms with Gasteiger partial charge in [0, 0.05) is 12.7 Å². The van der Waals surface area contributed by atoms with Crippen LogP contribution in [0, 0.1) is 5.92 Å². The van der Waals surface area contributed by atoms with Gasteiger partial charge in [-0.05, 0) is 44.0 Å². The maximum atomic E-state index is 10.9. The Bertz CT molecular complexity index is 430. The third-order valence-corrected chi connectivity index (χ3v) is 3.77. The minimum Gasteiger partial charge on any atom is -0.383 e. The topological polar surface area (TPSA) is 79.5 Å². The molecular formula is C13H18ClN3O2. The molecule has 0 aliphatic carbocycles. The van der Waals surface area contributed by atoms with E-state index < -0.39 is 12.0 Å². The van der Waals surface area contributed by atoms with E-state index in [1.54, 1.807) is 6.20 Å². The number of halogens is 1. The minimum atomic E-state index is -1.02. The van der Waals surface area contributed by atoms with Gasteiger partial charge in [0.1, 0.15) is 6.10 Å². The van der Waals surface area contributed by atoms with Gasteiger partial charge in [0.2, 0.25) is 5.91 Å². The van der Waals surface area contributed by atoms with E-state index in [-0.39, 0.29) is 5.92 Å². The second kappa shape index (κ2) is 6.32. The molecule has 2 heterocycles. The Kier molecular flexibility index (Phi) is 4.74. The predicted molar refractivity (Wildman–Crippen MR) is 72.4 cm³/mol. The second-order valence-corrected chi connectivity index (χ2v) is 5.36.